The summed E-state index contributed by atoms with van der Waals surface area (Å²) in [6.07, 6.45) is 0.568. The maximum absolute atomic E-state index is 10.9. The van der Waals surface area contributed by atoms with Crippen LogP contribution in [0.2, 0.25) is 0 Å². The standard InChI is InChI=1S/C11H16O5/c1-6-10(16-11(2,3)15-6)9(13)7-4-5-8(12)14-7/h4-7,9-10,13H,1-3H3/t6-,7?,9?,10-/m0/s1. The molecule has 2 heterocycles. The number of carbonyl (C=O) groups excluding carboxylic acids is 1. The van der Waals surface area contributed by atoms with Gasteiger partial charge in [-0.1, -0.05) is 0 Å². The van der Waals surface area contributed by atoms with Crippen LogP contribution in [0.4, 0.5) is 0 Å². The first-order valence-electron chi connectivity index (χ1n) is 5.31. The van der Waals surface area contributed by atoms with Gasteiger partial charge in [-0.15, -0.1) is 0 Å². The lowest BCUT2D eigenvalue weighted by molar-refractivity contribution is -0.165. The Morgan fingerprint density at radius 2 is 2.12 bits per heavy atom. The number of ether oxygens (including phenoxy) is 3. The Morgan fingerprint density at radius 3 is 2.56 bits per heavy atom. The highest BCUT2D eigenvalue weighted by atomic mass is 16.8. The highest BCUT2D eigenvalue weighted by molar-refractivity contribution is 5.84. The first-order chi connectivity index (χ1) is 7.39. The molecule has 0 spiro atoms. The zero-order chi connectivity index (χ0) is 11.9. The van der Waals surface area contributed by atoms with Gasteiger partial charge in [0.1, 0.15) is 18.3 Å². The first-order valence-corrected chi connectivity index (χ1v) is 5.31. The van der Waals surface area contributed by atoms with E-state index < -0.39 is 30.1 Å². The zero-order valence-corrected chi connectivity index (χ0v) is 9.54. The Morgan fingerprint density at radius 1 is 1.44 bits per heavy atom. The molecule has 16 heavy (non-hydrogen) atoms. The van der Waals surface area contributed by atoms with Crippen molar-refractivity contribution in [3.8, 4) is 0 Å². The van der Waals surface area contributed by atoms with Crippen molar-refractivity contribution in [3.05, 3.63) is 12.2 Å². The highest BCUT2D eigenvalue weighted by Crippen LogP contribution is 2.31. The third-order valence-electron chi connectivity index (χ3n) is 2.70. The summed E-state index contributed by atoms with van der Waals surface area (Å²) in [6, 6.07) is 0. The molecule has 0 aromatic rings. The molecule has 0 amide bonds. The number of aliphatic hydroxyl groups excluding tert-OH is 1. The fourth-order valence-electron chi connectivity index (χ4n) is 2.07. The van der Waals surface area contributed by atoms with Crippen LogP contribution in [0.1, 0.15) is 20.8 Å². The molecule has 2 rings (SSSR count). The largest absolute Gasteiger partial charge is 0.452 e. The van der Waals surface area contributed by atoms with E-state index in [1.165, 1.54) is 12.2 Å². The normalized spacial score (nSPS) is 38.8. The highest BCUT2D eigenvalue weighted by Gasteiger charge is 2.45. The Hall–Kier alpha value is -0.910. The molecule has 0 radical (unpaired) electrons. The van der Waals surface area contributed by atoms with Crippen molar-refractivity contribution >= 4 is 5.97 Å². The van der Waals surface area contributed by atoms with Crippen LogP contribution in [0.25, 0.3) is 0 Å². The minimum Gasteiger partial charge on any atom is -0.452 e. The smallest absolute Gasteiger partial charge is 0.331 e. The molecular formula is C11H16O5. The number of rotatable bonds is 2. The van der Waals surface area contributed by atoms with Gasteiger partial charge in [0.2, 0.25) is 0 Å². The molecule has 0 bridgehead atoms. The van der Waals surface area contributed by atoms with Gasteiger partial charge in [-0.3, -0.25) is 0 Å². The van der Waals surface area contributed by atoms with Crippen LogP contribution in [0.15, 0.2) is 12.2 Å². The topological polar surface area (TPSA) is 65.0 Å². The van der Waals surface area contributed by atoms with Gasteiger partial charge in [0, 0.05) is 6.08 Å². The third-order valence-corrected chi connectivity index (χ3v) is 2.70. The van der Waals surface area contributed by atoms with Crippen molar-refractivity contribution in [3.63, 3.8) is 0 Å². The van der Waals surface area contributed by atoms with E-state index in [0.29, 0.717) is 0 Å². The maximum atomic E-state index is 10.9. The molecule has 5 nitrogen and oxygen atoms in total. The number of esters is 1. The summed E-state index contributed by atoms with van der Waals surface area (Å²) in [5, 5.41) is 10.0. The van der Waals surface area contributed by atoms with Crippen molar-refractivity contribution in [2.75, 3.05) is 0 Å². The average Bonchev–Trinajstić information content (AvgIpc) is 2.69. The number of hydrogen-bond acceptors (Lipinski definition) is 5. The second kappa shape index (κ2) is 3.84. The Bertz CT molecular complexity index is 322. The lowest BCUT2D eigenvalue weighted by Gasteiger charge is -2.24. The fourth-order valence-corrected chi connectivity index (χ4v) is 2.07. The minimum atomic E-state index is -0.903. The molecule has 0 aliphatic carbocycles. The molecule has 0 saturated carbocycles. The van der Waals surface area contributed by atoms with E-state index in [9.17, 15) is 9.90 Å². The van der Waals surface area contributed by atoms with E-state index in [1.54, 1.807) is 13.8 Å². The average molecular weight is 228 g/mol. The lowest BCUT2D eigenvalue weighted by atomic mass is 10.0. The van der Waals surface area contributed by atoms with Crippen molar-refractivity contribution in [2.24, 2.45) is 0 Å². The first kappa shape index (κ1) is 11.6. The Labute approximate surface area is 94.0 Å². The molecule has 1 fully saturated rings. The summed E-state index contributed by atoms with van der Waals surface area (Å²) in [6.45, 7) is 5.39. The summed E-state index contributed by atoms with van der Waals surface area (Å²) >= 11 is 0. The second-order valence-corrected chi connectivity index (χ2v) is 4.56. The van der Waals surface area contributed by atoms with E-state index >= 15 is 0 Å². The van der Waals surface area contributed by atoms with Crippen LogP contribution in [0.5, 0.6) is 0 Å². The van der Waals surface area contributed by atoms with Crippen molar-refractivity contribution < 1.29 is 24.1 Å². The second-order valence-electron chi connectivity index (χ2n) is 4.56. The van der Waals surface area contributed by atoms with Gasteiger partial charge in [0.05, 0.1) is 6.10 Å². The van der Waals surface area contributed by atoms with Crippen LogP contribution in [0, 0.1) is 0 Å². The van der Waals surface area contributed by atoms with Gasteiger partial charge >= 0.3 is 5.97 Å². The molecule has 5 heteroatoms. The molecule has 90 valence electrons. The summed E-state index contributed by atoms with van der Waals surface area (Å²) < 4.78 is 16.0. The van der Waals surface area contributed by atoms with E-state index in [0.717, 1.165) is 0 Å². The van der Waals surface area contributed by atoms with Gasteiger partial charge in [-0.05, 0) is 26.8 Å². The summed E-state index contributed by atoms with van der Waals surface area (Å²) in [7, 11) is 0. The van der Waals surface area contributed by atoms with E-state index in [4.69, 9.17) is 14.2 Å². The molecule has 2 aliphatic rings. The van der Waals surface area contributed by atoms with Crippen molar-refractivity contribution in [1.82, 2.24) is 0 Å². The number of aliphatic hydroxyl groups is 1. The molecule has 2 aliphatic heterocycles. The maximum Gasteiger partial charge on any atom is 0.331 e. The zero-order valence-electron chi connectivity index (χ0n) is 9.54. The van der Waals surface area contributed by atoms with Crippen LogP contribution in [-0.4, -0.2) is 41.3 Å². The predicted molar refractivity (Wildman–Crippen MR) is 54.5 cm³/mol. The monoisotopic (exact) mass is 228 g/mol. The summed E-state index contributed by atoms with van der Waals surface area (Å²) in [4.78, 5) is 10.9. The van der Waals surface area contributed by atoms with Crippen LogP contribution >= 0.6 is 0 Å². The van der Waals surface area contributed by atoms with Gasteiger partial charge in [0.15, 0.2) is 5.79 Å². The Balaban J connectivity index is 2.03. The number of cyclic esters (lactones) is 1. The van der Waals surface area contributed by atoms with Gasteiger partial charge < -0.3 is 19.3 Å². The van der Waals surface area contributed by atoms with Gasteiger partial charge in [-0.25, -0.2) is 4.79 Å². The summed E-state index contributed by atoms with van der Waals surface area (Å²) in [5.41, 5.74) is 0. The fraction of sp³-hybridized carbons (Fsp3) is 0.727. The lowest BCUT2D eigenvalue weighted by Crippen LogP contribution is -2.42. The van der Waals surface area contributed by atoms with Gasteiger partial charge in [0.25, 0.3) is 0 Å². The molecule has 4 atom stereocenters. The van der Waals surface area contributed by atoms with Gasteiger partial charge in [-0.2, -0.15) is 0 Å². The number of carbonyl (C=O) groups is 1. The van der Waals surface area contributed by atoms with Crippen molar-refractivity contribution in [2.45, 2.75) is 51.0 Å². The molecule has 0 aromatic heterocycles. The van der Waals surface area contributed by atoms with E-state index in [1.807, 2.05) is 6.92 Å². The van der Waals surface area contributed by atoms with Crippen LogP contribution in [0.3, 0.4) is 0 Å². The van der Waals surface area contributed by atoms with Crippen LogP contribution in [-0.2, 0) is 19.0 Å². The quantitative estimate of drug-likeness (QED) is 0.692. The predicted octanol–water partition coefficient (Wildman–Crippen LogP) is 0.369. The molecule has 0 aromatic carbocycles. The van der Waals surface area contributed by atoms with E-state index in [2.05, 4.69) is 0 Å². The third kappa shape index (κ3) is 2.11. The van der Waals surface area contributed by atoms with Crippen molar-refractivity contribution in [1.29, 1.82) is 0 Å². The molecular weight excluding hydrogens is 212 g/mol. The summed E-state index contributed by atoms with van der Waals surface area (Å²) in [5.74, 6) is -1.15. The molecule has 2 unspecified atom stereocenters. The molecule has 1 saturated heterocycles. The van der Waals surface area contributed by atoms with Crippen LogP contribution < -0.4 is 0 Å². The minimum absolute atomic E-state index is 0.238. The SMILES string of the molecule is C[C@@H]1OC(C)(C)O[C@@H]1C(O)C1C=CC(=O)O1. The number of hydrogen-bond donors (Lipinski definition) is 1. The molecule has 1 N–H and O–H groups in total. The Kier molecular flexibility index (Phi) is 2.77. The van der Waals surface area contributed by atoms with E-state index in [-0.39, 0.29) is 6.10 Å².